The van der Waals surface area contributed by atoms with Crippen LogP contribution in [0.4, 0.5) is 5.69 Å². The Kier molecular flexibility index (Phi) is 3.45. The largest absolute Gasteiger partial charge is 0.464 e. The third-order valence-corrected chi connectivity index (χ3v) is 3.89. The van der Waals surface area contributed by atoms with Crippen molar-refractivity contribution in [2.75, 3.05) is 5.73 Å². The van der Waals surface area contributed by atoms with Gasteiger partial charge in [-0.05, 0) is 62.6 Å². The van der Waals surface area contributed by atoms with Gasteiger partial charge >= 0.3 is 0 Å². The average molecular weight is 284 g/mol. The fourth-order valence-electron chi connectivity index (χ4n) is 2.47. The normalized spacial score (nSPS) is 14.2. The monoisotopic (exact) mass is 284 g/mol. The quantitative estimate of drug-likeness (QED) is 0.876. The third-order valence-electron chi connectivity index (χ3n) is 3.89. The van der Waals surface area contributed by atoms with Crippen molar-refractivity contribution in [2.24, 2.45) is 0 Å². The SMILES string of the molecule is Cc1ccc(CN(C(=O)c2ccc(N)c(C)c2)C2CC2)o1. The Morgan fingerprint density at radius 3 is 2.62 bits per heavy atom. The molecule has 1 fully saturated rings. The smallest absolute Gasteiger partial charge is 0.254 e. The zero-order valence-electron chi connectivity index (χ0n) is 12.4. The van der Waals surface area contributed by atoms with Crippen molar-refractivity contribution in [3.05, 3.63) is 53.0 Å². The average Bonchev–Trinajstić information content (AvgIpc) is 3.21. The zero-order valence-corrected chi connectivity index (χ0v) is 12.4. The lowest BCUT2D eigenvalue weighted by atomic mass is 10.1. The number of rotatable bonds is 4. The molecule has 0 unspecified atom stereocenters. The summed E-state index contributed by atoms with van der Waals surface area (Å²) in [7, 11) is 0. The van der Waals surface area contributed by atoms with Crippen LogP contribution in [0.15, 0.2) is 34.7 Å². The summed E-state index contributed by atoms with van der Waals surface area (Å²) < 4.78 is 5.61. The number of carbonyl (C=O) groups excluding carboxylic acids is 1. The van der Waals surface area contributed by atoms with Gasteiger partial charge in [-0.15, -0.1) is 0 Å². The number of benzene rings is 1. The molecule has 1 aliphatic carbocycles. The van der Waals surface area contributed by atoms with Crippen molar-refractivity contribution in [3.8, 4) is 0 Å². The third kappa shape index (κ3) is 2.94. The number of amides is 1. The van der Waals surface area contributed by atoms with E-state index in [2.05, 4.69) is 0 Å². The van der Waals surface area contributed by atoms with Crippen LogP contribution in [0, 0.1) is 13.8 Å². The summed E-state index contributed by atoms with van der Waals surface area (Å²) in [4.78, 5) is 14.7. The van der Waals surface area contributed by atoms with Crippen molar-refractivity contribution >= 4 is 11.6 Å². The van der Waals surface area contributed by atoms with Gasteiger partial charge in [0.25, 0.3) is 5.91 Å². The molecule has 0 bridgehead atoms. The van der Waals surface area contributed by atoms with E-state index in [0.29, 0.717) is 23.8 Å². The number of nitrogen functional groups attached to an aromatic ring is 1. The molecule has 0 saturated heterocycles. The van der Waals surface area contributed by atoms with Crippen molar-refractivity contribution in [3.63, 3.8) is 0 Å². The van der Waals surface area contributed by atoms with E-state index in [1.807, 2.05) is 36.9 Å². The number of anilines is 1. The van der Waals surface area contributed by atoms with E-state index in [1.165, 1.54) is 0 Å². The Labute approximate surface area is 124 Å². The number of nitrogens with zero attached hydrogens (tertiary/aromatic N) is 1. The Morgan fingerprint density at radius 1 is 1.29 bits per heavy atom. The molecule has 0 radical (unpaired) electrons. The minimum atomic E-state index is 0.0506. The van der Waals surface area contributed by atoms with Gasteiger partial charge in [0.2, 0.25) is 0 Å². The van der Waals surface area contributed by atoms with Gasteiger partial charge < -0.3 is 15.1 Å². The van der Waals surface area contributed by atoms with E-state index < -0.39 is 0 Å². The van der Waals surface area contributed by atoms with E-state index in [4.69, 9.17) is 10.2 Å². The first-order valence-corrected chi connectivity index (χ1v) is 7.27. The summed E-state index contributed by atoms with van der Waals surface area (Å²) in [5.74, 6) is 1.76. The maximum atomic E-state index is 12.7. The number of aryl methyl sites for hydroxylation is 2. The molecule has 0 spiro atoms. The van der Waals surface area contributed by atoms with Crippen LogP contribution >= 0.6 is 0 Å². The van der Waals surface area contributed by atoms with Gasteiger partial charge in [0.15, 0.2) is 0 Å². The summed E-state index contributed by atoms with van der Waals surface area (Å²) in [6.07, 6.45) is 2.14. The predicted octanol–water partition coefficient (Wildman–Crippen LogP) is 3.28. The lowest BCUT2D eigenvalue weighted by Crippen LogP contribution is -2.32. The van der Waals surface area contributed by atoms with Crippen LogP contribution in [0.1, 0.15) is 40.3 Å². The second-order valence-corrected chi connectivity index (χ2v) is 5.75. The Bertz CT molecular complexity index is 671. The molecule has 1 aromatic heterocycles. The molecule has 1 heterocycles. The van der Waals surface area contributed by atoms with Crippen LogP contribution in [0.3, 0.4) is 0 Å². The van der Waals surface area contributed by atoms with Crippen LogP contribution < -0.4 is 5.73 Å². The fourth-order valence-corrected chi connectivity index (χ4v) is 2.47. The molecule has 1 saturated carbocycles. The molecule has 0 aliphatic heterocycles. The van der Waals surface area contributed by atoms with Gasteiger partial charge in [0.1, 0.15) is 11.5 Å². The zero-order chi connectivity index (χ0) is 15.0. The number of hydrogen-bond acceptors (Lipinski definition) is 3. The van der Waals surface area contributed by atoms with Crippen LogP contribution in [-0.4, -0.2) is 16.8 Å². The first-order valence-electron chi connectivity index (χ1n) is 7.27. The molecule has 21 heavy (non-hydrogen) atoms. The number of hydrogen-bond donors (Lipinski definition) is 1. The fraction of sp³-hybridized carbons (Fsp3) is 0.353. The molecule has 0 atom stereocenters. The summed E-state index contributed by atoms with van der Waals surface area (Å²) >= 11 is 0. The predicted molar refractivity (Wildman–Crippen MR) is 81.9 cm³/mol. The molecular formula is C17H20N2O2. The van der Waals surface area contributed by atoms with Crippen LogP contribution in [0.2, 0.25) is 0 Å². The maximum absolute atomic E-state index is 12.7. The van der Waals surface area contributed by atoms with Gasteiger partial charge in [-0.2, -0.15) is 0 Å². The Morgan fingerprint density at radius 2 is 2.05 bits per heavy atom. The molecule has 2 aromatic rings. The highest BCUT2D eigenvalue weighted by atomic mass is 16.3. The number of nitrogens with two attached hydrogens (primary N) is 1. The molecule has 4 nitrogen and oxygen atoms in total. The van der Waals surface area contributed by atoms with Crippen molar-refractivity contribution in [1.82, 2.24) is 4.90 Å². The molecule has 2 N–H and O–H groups in total. The van der Waals surface area contributed by atoms with Crippen LogP contribution in [0.25, 0.3) is 0 Å². The molecule has 110 valence electrons. The first-order chi connectivity index (χ1) is 10.0. The lowest BCUT2D eigenvalue weighted by Gasteiger charge is -2.21. The van der Waals surface area contributed by atoms with Crippen molar-refractivity contribution in [1.29, 1.82) is 0 Å². The second-order valence-electron chi connectivity index (χ2n) is 5.75. The molecule has 1 aromatic carbocycles. The Hall–Kier alpha value is -2.23. The highest BCUT2D eigenvalue weighted by Crippen LogP contribution is 2.30. The lowest BCUT2D eigenvalue weighted by molar-refractivity contribution is 0.0717. The van der Waals surface area contributed by atoms with Gasteiger partial charge in [-0.1, -0.05) is 0 Å². The summed E-state index contributed by atoms with van der Waals surface area (Å²) in [5, 5.41) is 0. The number of furan rings is 1. The van der Waals surface area contributed by atoms with E-state index in [9.17, 15) is 4.79 Å². The van der Waals surface area contributed by atoms with Gasteiger partial charge in [-0.25, -0.2) is 0 Å². The molecular weight excluding hydrogens is 264 g/mol. The standard InChI is InChI=1S/C17H20N2O2/c1-11-9-13(4-8-16(11)18)17(20)19(14-5-6-14)10-15-7-3-12(2)21-15/h3-4,7-9,14H,5-6,10,18H2,1-2H3. The summed E-state index contributed by atoms with van der Waals surface area (Å²) in [6, 6.07) is 9.66. The van der Waals surface area contributed by atoms with Gasteiger partial charge in [0.05, 0.1) is 6.54 Å². The highest BCUT2D eigenvalue weighted by molar-refractivity contribution is 5.95. The van der Waals surface area contributed by atoms with Crippen LogP contribution in [0.5, 0.6) is 0 Å². The van der Waals surface area contributed by atoms with Crippen molar-refractivity contribution < 1.29 is 9.21 Å². The topological polar surface area (TPSA) is 59.5 Å². The maximum Gasteiger partial charge on any atom is 0.254 e. The van der Waals surface area contributed by atoms with E-state index in [1.54, 1.807) is 12.1 Å². The first kappa shape index (κ1) is 13.7. The molecule has 4 heteroatoms. The minimum Gasteiger partial charge on any atom is -0.464 e. The van der Waals surface area contributed by atoms with Crippen molar-refractivity contribution in [2.45, 2.75) is 39.3 Å². The molecule has 3 rings (SSSR count). The molecule has 1 amide bonds. The van der Waals surface area contributed by atoms with E-state index in [0.717, 1.165) is 29.9 Å². The molecule has 1 aliphatic rings. The minimum absolute atomic E-state index is 0.0506. The van der Waals surface area contributed by atoms with E-state index in [-0.39, 0.29) is 5.91 Å². The number of carbonyl (C=O) groups is 1. The highest BCUT2D eigenvalue weighted by Gasteiger charge is 2.33. The Balaban J connectivity index is 1.83. The second kappa shape index (κ2) is 5.28. The van der Waals surface area contributed by atoms with E-state index >= 15 is 0 Å². The van der Waals surface area contributed by atoms with Crippen LogP contribution in [-0.2, 0) is 6.54 Å². The summed E-state index contributed by atoms with van der Waals surface area (Å²) in [5.41, 5.74) is 8.16. The summed E-state index contributed by atoms with van der Waals surface area (Å²) in [6.45, 7) is 4.36. The van der Waals surface area contributed by atoms with Gasteiger partial charge in [-0.3, -0.25) is 4.79 Å². The van der Waals surface area contributed by atoms with Gasteiger partial charge in [0, 0.05) is 17.3 Å².